The van der Waals surface area contributed by atoms with Gasteiger partial charge in [-0.2, -0.15) is 0 Å². The van der Waals surface area contributed by atoms with Gasteiger partial charge in [0.15, 0.2) is 0 Å². The first-order chi connectivity index (χ1) is 11.5. The Balaban J connectivity index is 2.10. The number of pyridine rings is 1. The van der Waals surface area contributed by atoms with E-state index in [1.807, 2.05) is 6.92 Å². The first kappa shape index (κ1) is 18.4. The van der Waals surface area contributed by atoms with E-state index in [1.54, 1.807) is 26.1 Å². The zero-order valence-electron chi connectivity index (χ0n) is 13.7. The summed E-state index contributed by atoms with van der Waals surface area (Å²) in [6.45, 7) is 5.81. The van der Waals surface area contributed by atoms with Crippen molar-refractivity contribution in [1.82, 2.24) is 10.1 Å². The Morgan fingerprint density at radius 2 is 2.21 bits per heavy atom. The van der Waals surface area contributed by atoms with E-state index in [1.165, 1.54) is 11.8 Å². The summed E-state index contributed by atoms with van der Waals surface area (Å²) in [6, 6.07) is 1.80. The maximum absolute atomic E-state index is 11.4. The molecule has 0 spiro atoms. The number of carbonyl (C=O) groups is 1. The number of thioether (sulfide) groups is 1. The van der Waals surface area contributed by atoms with Crippen molar-refractivity contribution in [3.8, 4) is 11.8 Å². The molecule has 0 atom stereocenters. The van der Waals surface area contributed by atoms with Crippen molar-refractivity contribution in [3.63, 3.8) is 0 Å². The molecule has 24 heavy (non-hydrogen) atoms. The van der Waals surface area contributed by atoms with Crippen LogP contribution in [0.25, 0.3) is 0 Å². The third-order valence-corrected chi connectivity index (χ3v) is 4.62. The Labute approximate surface area is 150 Å². The van der Waals surface area contributed by atoms with Gasteiger partial charge in [0, 0.05) is 16.8 Å². The van der Waals surface area contributed by atoms with Gasteiger partial charge in [-0.25, -0.2) is 4.98 Å². The number of hydrogen-bond acceptors (Lipinski definition) is 6. The van der Waals surface area contributed by atoms with Crippen LogP contribution in [-0.2, 0) is 9.53 Å². The second kappa shape index (κ2) is 8.76. The van der Waals surface area contributed by atoms with Gasteiger partial charge in [-0.15, -0.1) is 11.8 Å². The largest absolute Gasteiger partial charge is 0.466 e. The van der Waals surface area contributed by atoms with E-state index in [-0.39, 0.29) is 5.97 Å². The highest BCUT2D eigenvalue weighted by Crippen LogP contribution is 2.29. The monoisotopic (exact) mass is 364 g/mol. The molecule has 0 saturated carbocycles. The summed E-state index contributed by atoms with van der Waals surface area (Å²) in [5.74, 6) is 6.99. The normalized spacial score (nSPS) is 10.2. The van der Waals surface area contributed by atoms with Crippen molar-refractivity contribution < 1.29 is 14.1 Å². The van der Waals surface area contributed by atoms with E-state index >= 15 is 0 Å². The molecule has 0 saturated heterocycles. The molecule has 0 fully saturated rings. The van der Waals surface area contributed by atoms with Crippen LogP contribution in [-0.4, -0.2) is 28.5 Å². The van der Waals surface area contributed by atoms with E-state index in [9.17, 15) is 4.79 Å². The molecule has 2 heterocycles. The van der Waals surface area contributed by atoms with Gasteiger partial charge in [0.2, 0.25) is 0 Å². The van der Waals surface area contributed by atoms with Crippen LogP contribution in [0.15, 0.2) is 21.7 Å². The van der Waals surface area contributed by atoms with Crippen molar-refractivity contribution in [2.45, 2.75) is 32.1 Å². The molecule has 2 aromatic heterocycles. The maximum atomic E-state index is 11.4. The van der Waals surface area contributed by atoms with E-state index in [4.69, 9.17) is 20.9 Å². The van der Waals surface area contributed by atoms with Crippen LogP contribution < -0.4 is 0 Å². The number of aromatic nitrogens is 2. The van der Waals surface area contributed by atoms with Gasteiger partial charge >= 0.3 is 5.97 Å². The fourth-order valence-corrected chi connectivity index (χ4v) is 3.08. The summed E-state index contributed by atoms with van der Waals surface area (Å²) < 4.78 is 9.98. The molecule has 0 amide bonds. The maximum Gasteiger partial charge on any atom is 0.306 e. The number of carbonyl (C=O) groups excluding carboxylic acids is 1. The van der Waals surface area contributed by atoms with Crippen LogP contribution >= 0.6 is 23.4 Å². The van der Waals surface area contributed by atoms with E-state index < -0.39 is 0 Å². The summed E-state index contributed by atoms with van der Waals surface area (Å²) in [7, 11) is 0. The second-order valence-electron chi connectivity index (χ2n) is 4.82. The number of hydrogen-bond donors (Lipinski definition) is 0. The van der Waals surface area contributed by atoms with E-state index in [2.05, 4.69) is 22.0 Å². The summed E-state index contributed by atoms with van der Waals surface area (Å²) in [6.07, 6.45) is 1.98. The Bertz CT molecular complexity index is 773. The molecule has 0 aliphatic rings. The first-order valence-corrected chi connectivity index (χ1v) is 8.77. The summed E-state index contributed by atoms with van der Waals surface area (Å²) in [4.78, 5) is 16.4. The SMILES string of the molecule is CCOC(=O)CCSc1ccnc(C#Cc2c(C)noc2C)c1Cl. The topological polar surface area (TPSA) is 65.2 Å². The summed E-state index contributed by atoms with van der Waals surface area (Å²) in [5, 5.41) is 4.34. The van der Waals surface area contributed by atoms with Crippen LogP contribution in [0.1, 0.15) is 36.1 Å². The lowest BCUT2D eigenvalue weighted by molar-refractivity contribution is -0.142. The molecule has 0 radical (unpaired) electrons. The van der Waals surface area contributed by atoms with Crippen molar-refractivity contribution in [2.75, 3.05) is 12.4 Å². The zero-order chi connectivity index (χ0) is 17.5. The fourth-order valence-electron chi connectivity index (χ4n) is 1.89. The molecule has 126 valence electrons. The standard InChI is InChI=1S/C17H17ClN2O3S/c1-4-22-16(21)8-10-24-15-7-9-19-14(17(15)18)6-5-13-11(2)20-23-12(13)3/h7,9H,4,8,10H2,1-3H3. The van der Waals surface area contributed by atoms with Gasteiger partial charge in [0.1, 0.15) is 11.5 Å². The zero-order valence-corrected chi connectivity index (χ0v) is 15.3. The lowest BCUT2D eigenvalue weighted by Crippen LogP contribution is -2.04. The van der Waals surface area contributed by atoms with Gasteiger partial charge in [-0.1, -0.05) is 22.7 Å². The van der Waals surface area contributed by atoms with Gasteiger partial charge in [-0.05, 0) is 32.8 Å². The molecule has 0 bridgehead atoms. The molecule has 0 aromatic carbocycles. The average Bonchev–Trinajstić information content (AvgIpc) is 2.87. The van der Waals surface area contributed by atoms with Gasteiger partial charge in [0.05, 0.1) is 29.3 Å². The highest BCUT2D eigenvalue weighted by atomic mass is 35.5. The fraction of sp³-hybridized carbons (Fsp3) is 0.353. The highest BCUT2D eigenvalue weighted by molar-refractivity contribution is 7.99. The summed E-state index contributed by atoms with van der Waals surface area (Å²) in [5.41, 5.74) is 1.96. The van der Waals surface area contributed by atoms with E-state index in [0.29, 0.717) is 35.3 Å². The molecule has 0 N–H and O–H groups in total. The Morgan fingerprint density at radius 3 is 2.88 bits per heavy atom. The number of nitrogens with zero attached hydrogens (tertiary/aromatic N) is 2. The van der Waals surface area contributed by atoms with Crippen LogP contribution in [0.2, 0.25) is 5.02 Å². The van der Waals surface area contributed by atoms with Crippen LogP contribution in [0.5, 0.6) is 0 Å². The molecular weight excluding hydrogens is 348 g/mol. The quantitative estimate of drug-likeness (QED) is 0.457. The highest BCUT2D eigenvalue weighted by Gasteiger charge is 2.09. The van der Waals surface area contributed by atoms with Crippen molar-refractivity contribution in [2.24, 2.45) is 0 Å². The smallest absolute Gasteiger partial charge is 0.306 e. The summed E-state index contributed by atoms with van der Waals surface area (Å²) >= 11 is 7.84. The third-order valence-electron chi connectivity index (χ3n) is 3.06. The number of esters is 1. The van der Waals surface area contributed by atoms with Crippen LogP contribution in [0.4, 0.5) is 0 Å². The average molecular weight is 365 g/mol. The number of aryl methyl sites for hydroxylation is 2. The molecular formula is C17H17ClN2O3S. The molecule has 0 aliphatic carbocycles. The Hall–Kier alpha value is -1.97. The van der Waals surface area contributed by atoms with Crippen molar-refractivity contribution >= 4 is 29.3 Å². The lowest BCUT2D eigenvalue weighted by Gasteiger charge is -2.05. The first-order valence-electron chi connectivity index (χ1n) is 7.40. The van der Waals surface area contributed by atoms with Crippen LogP contribution in [0.3, 0.4) is 0 Å². The Morgan fingerprint density at radius 1 is 1.42 bits per heavy atom. The number of halogens is 1. The minimum absolute atomic E-state index is 0.214. The van der Waals surface area contributed by atoms with Gasteiger partial charge in [-0.3, -0.25) is 4.79 Å². The molecule has 2 aromatic rings. The van der Waals surface area contributed by atoms with Crippen LogP contribution in [0, 0.1) is 25.7 Å². The second-order valence-corrected chi connectivity index (χ2v) is 6.34. The van der Waals surface area contributed by atoms with Gasteiger partial charge < -0.3 is 9.26 Å². The van der Waals surface area contributed by atoms with Gasteiger partial charge in [0.25, 0.3) is 0 Å². The predicted octanol–water partition coefficient (Wildman–Crippen LogP) is 3.78. The minimum Gasteiger partial charge on any atom is -0.466 e. The minimum atomic E-state index is -0.214. The molecule has 2 rings (SSSR count). The number of rotatable bonds is 5. The Kier molecular flexibility index (Phi) is 6.71. The predicted molar refractivity (Wildman–Crippen MR) is 93.2 cm³/mol. The molecule has 5 nitrogen and oxygen atoms in total. The molecule has 0 aliphatic heterocycles. The molecule has 0 unspecified atom stereocenters. The lowest BCUT2D eigenvalue weighted by atomic mass is 10.2. The van der Waals surface area contributed by atoms with E-state index in [0.717, 1.165) is 16.2 Å². The third kappa shape index (κ3) is 4.76. The molecule has 7 heteroatoms. The number of ether oxygens (including phenoxy) is 1. The van der Waals surface area contributed by atoms with Crippen molar-refractivity contribution in [3.05, 3.63) is 40.0 Å². The van der Waals surface area contributed by atoms with Crippen molar-refractivity contribution in [1.29, 1.82) is 0 Å².